The number of aliphatic hydroxyl groups is 1. The summed E-state index contributed by atoms with van der Waals surface area (Å²) in [5.41, 5.74) is -0.218. The van der Waals surface area contributed by atoms with Crippen molar-refractivity contribution in [2.75, 3.05) is 19.8 Å². The van der Waals surface area contributed by atoms with E-state index in [1.54, 1.807) is 12.1 Å². The molecule has 5 nitrogen and oxygen atoms in total. The third-order valence-corrected chi connectivity index (χ3v) is 3.66. The minimum absolute atomic E-state index is 0.0779. The van der Waals surface area contributed by atoms with Crippen molar-refractivity contribution in [1.82, 2.24) is 4.90 Å². The highest BCUT2D eigenvalue weighted by Gasteiger charge is 2.35. The van der Waals surface area contributed by atoms with E-state index in [0.717, 1.165) is 12.8 Å². The number of carbonyl (C=O) groups is 1. The van der Waals surface area contributed by atoms with Gasteiger partial charge in [-0.2, -0.15) is 0 Å². The Hall–Kier alpha value is -1.33. The molecule has 1 fully saturated rings. The smallest absolute Gasteiger partial charge is 0.289 e. The van der Waals surface area contributed by atoms with Crippen molar-refractivity contribution in [2.24, 2.45) is 0 Å². The third kappa shape index (κ3) is 3.61. The van der Waals surface area contributed by atoms with Crippen LogP contribution in [0.1, 0.15) is 43.7 Å². The molecule has 1 aliphatic heterocycles. The van der Waals surface area contributed by atoms with Crippen LogP contribution in [0.2, 0.25) is 0 Å². The Kier molecular flexibility index (Phi) is 4.83. The quantitative estimate of drug-likeness (QED) is 0.897. The van der Waals surface area contributed by atoms with Crippen molar-refractivity contribution in [3.63, 3.8) is 0 Å². The summed E-state index contributed by atoms with van der Waals surface area (Å²) in [6.45, 7) is 5.35. The van der Waals surface area contributed by atoms with E-state index in [4.69, 9.17) is 14.3 Å². The number of amides is 1. The molecule has 1 aliphatic rings. The van der Waals surface area contributed by atoms with Gasteiger partial charge in [-0.3, -0.25) is 4.79 Å². The molecule has 0 spiro atoms. The molecule has 0 saturated carbocycles. The number of furan rings is 1. The lowest BCUT2D eigenvalue weighted by molar-refractivity contribution is -0.0787. The minimum Gasteiger partial charge on any atom is -0.459 e. The van der Waals surface area contributed by atoms with Crippen LogP contribution in [0.4, 0.5) is 0 Å². The van der Waals surface area contributed by atoms with Crippen LogP contribution >= 0.6 is 0 Å². The fraction of sp³-hybridized carbons (Fsp3) is 0.667. The van der Waals surface area contributed by atoms with E-state index in [-0.39, 0.29) is 24.2 Å². The standard InChI is InChI=1S/C15H23NO4/c1-15(2)11-12(6-10-20-15)16(7-4-8-17)14(18)13-5-3-9-19-13/h3,5,9,12,17H,4,6-8,10-11H2,1-2H3. The molecule has 0 radical (unpaired) electrons. The van der Waals surface area contributed by atoms with Gasteiger partial charge in [0.2, 0.25) is 0 Å². The SMILES string of the molecule is CC1(C)CC(N(CCCO)C(=O)c2ccco2)CCO1. The van der Waals surface area contributed by atoms with E-state index in [2.05, 4.69) is 0 Å². The van der Waals surface area contributed by atoms with Crippen LogP contribution in [0.15, 0.2) is 22.8 Å². The van der Waals surface area contributed by atoms with Crippen molar-refractivity contribution in [2.45, 2.75) is 44.8 Å². The average molecular weight is 281 g/mol. The van der Waals surface area contributed by atoms with Crippen LogP contribution in [-0.4, -0.2) is 47.3 Å². The average Bonchev–Trinajstić information content (AvgIpc) is 2.91. The normalized spacial score (nSPS) is 21.6. The zero-order valence-electron chi connectivity index (χ0n) is 12.2. The molecule has 1 atom stereocenters. The Morgan fingerprint density at radius 1 is 1.55 bits per heavy atom. The van der Waals surface area contributed by atoms with E-state index in [0.29, 0.717) is 25.3 Å². The summed E-state index contributed by atoms with van der Waals surface area (Å²) >= 11 is 0. The third-order valence-electron chi connectivity index (χ3n) is 3.66. The molecule has 1 N–H and O–H groups in total. The molecule has 1 amide bonds. The Morgan fingerprint density at radius 2 is 2.35 bits per heavy atom. The highest BCUT2D eigenvalue weighted by atomic mass is 16.5. The summed E-state index contributed by atoms with van der Waals surface area (Å²) in [6, 6.07) is 3.52. The Morgan fingerprint density at radius 3 is 2.95 bits per heavy atom. The molecule has 0 aromatic carbocycles. The second kappa shape index (κ2) is 6.41. The van der Waals surface area contributed by atoms with Gasteiger partial charge in [-0.1, -0.05) is 0 Å². The van der Waals surface area contributed by atoms with Crippen molar-refractivity contribution in [3.8, 4) is 0 Å². The molecular formula is C15H23NO4. The summed E-state index contributed by atoms with van der Waals surface area (Å²) in [4.78, 5) is 14.4. The molecule has 2 heterocycles. The van der Waals surface area contributed by atoms with Gasteiger partial charge < -0.3 is 19.2 Å². The highest BCUT2D eigenvalue weighted by molar-refractivity contribution is 5.91. The lowest BCUT2D eigenvalue weighted by Gasteiger charge is -2.41. The van der Waals surface area contributed by atoms with Crippen LogP contribution in [0, 0.1) is 0 Å². The molecule has 1 unspecified atom stereocenters. The van der Waals surface area contributed by atoms with Crippen LogP contribution in [0.3, 0.4) is 0 Å². The maximum atomic E-state index is 12.5. The van der Waals surface area contributed by atoms with Crippen LogP contribution in [0.25, 0.3) is 0 Å². The van der Waals surface area contributed by atoms with E-state index in [1.807, 2.05) is 18.7 Å². The minimum atomic E-state index is -0.218. The van der Waals surface area contributed by atoms with Crippen LogP contribution < -0.4 is 0 Å². The molecule has 0 bridgehead atoms. The van der Waals surface area contributed by atoms with E-state index >= 15 is 0 Å². The Bertz CT molecular complexity index is 427. The first-order valence-corrected chi connectivity index (χ1v) is 7.13. The zero-order chi connectivity index (χ0) is 14.6. The first kappa shape index (κ1) is 15.1. The summed E-state index contributed by atoms with van der Waals surface area (Å²) in [7, 11) is 0. The molecule has 0 aliphatic carbocycles. The van der Waals surface area contributed by atoms with E-state index < -0.39 is 0 Å². The summed E-state index contributed by atoms with van der Waals surface area (Å²) in [6.07, 6.45) is 3.70. The summed E-state index contributed by atoms with van der Waals surface area (Å²) in [5, 5.41) is 9.04. The number of ether oxygens (including phenoxy) is 1. The van der Waals surface area contributed by atoms with E-state index in [9.17, 15) is 4.79 Å². The molecule has 1 saturated heterocycles. The van der Waals surface area contributed by atoms with Crippen LogP contribution in [-0.2, 0) is 4.74 Å². The summed E-state index contributed by atoms with van der Waals surface area (Å²) < 4.78 is 10.9. The fourth-order valence-electron chi connectivity index (χ4n) is 2.70. The lowest BCUT2D eigenvalue weighted by Crippen LogP contribution is -2.49. The molecule has 1 aromatic heterocycles. The van der Waals surface area contributed by atoms with E-state index in [1.165, 1.54) is 6.26 Å². The Balaban J connectivity index is 2.12. The van der Waals surface area contributed by atoms with Gasteiger partial charge in [-0.25, -0.2) is 0 Å². The molecule has 2 rings (SSSR count). The van der Waals surface area contributed by atoms with Gasteiger partial charge in [0.1, 0.15) is 0 Å². The Labute approximate surface area is 119 Å². The second-order valence-corrected chi connectivity index (χ2v) is 5.81. The lowest BCUT2D eigenvalue weighted by atomic mass is 9.92. The second-order valence-electron chi connectivity index (χ2n) is 5.81. The van der Waals surface area contributed by atoms with Crippen molar-refractivity contribution in [1.29, 1.82) is 0 Å². The van der Waals surface area contributed by atoms with Gasteiger partial charge >= 0.3 is 0 Å². The fourth-order valence-corrected chi connectivity index (χ4v) is 2.70. The zero-order valence-corrected chi connectivity index (χ0v) is 12.2. The number of nitrogens with zero attached hydrogens (tertiary/aromatic N) is 1. The number of hydrogen-bond acceptors (Lipinski definition) is 4. The largest absolute Gasteiger partial charge is 0.459 e. The van der Waals surface area contributed by atoms with Gasteiger partial charge in [0.05, 0.1) is 11.9 Å². The molecule has 20 heavy (non-hydrogen) atoms. The maximum absolute atomic E-state index is 12.5. The van der Waals surface area contributed by atoms with Gasteiger partial charge in [0.15, 0.2) is 5.76 Å². The number of carbonyl (C=O) groups excluding carboxylic acids is 1. The molecule has 5 heteroatoms. The first-order chi connectivity index (χ1) is 9.53. The van der Waals surface area contributed by atoms with Crippen molar-refractivity contribution < 1.29 is 19.1 Å². The highest BCUT2D eigenvalue weighted by Crippen LogP contribution is 2.28. The number of aliphatic hydroxyl groups excluding tert-OH is 1. The maximum Gasteiger partial charge on any atom is 0.289 e. The topological polar surface area (TPSA) is 62.9 Å². The number of rotatable bonds is 5. The predicted octanol–water partition coefficient (Wildman–Crippen LogP) is 2.06. The van der Waals surface area contributed by atoms with Gasteiger partial charge in [-0.05, 0) is 45.2 Å². The van der Waals surface area contributed by atoms with Crippen LogP contribution in [0.5, 0.6) is 0 Å². The van der Waals surface area contributed by atoms with Gasteiger partial charge in [0.25, 0.3) is 5.91 Å². The monoisotopic (exact) mass is 281 g/mol. The predicted molar refractivity (Wildman–Crippen MR) is 74.5 cm³/mol. The van der Waals surface area contributed by atoms with Gasteiger partial charge in [0, 0.05) is 25.8 Å². The first-order valence-electron chi connectivity index (χ1n) is 7.13. The molecule has 112 valence electrons. The number of hydrogen-bond donors (Lipinski definition) is 1. The van der Waals surface area contributed by atoms with Crippen molar-refractivity contribution >= 4 is 5.91 Å². The molecule has 1 aromatic rings. The summed E-state index contributed by atoms with van der Waals surface area (Å²) in [5.74, 6) is 0.249. The van der Waals surface area contributed by atoms with Gasteiger partial charge in [-0.15, -0.1) is 0 Å². The van der Waals surface area contributed by atoms with Crippen molar-refractivity contribution in [3.05, 3.63) is 24.2 Å². The molecular weight excluding hydrogens is 258 g/mol.